The molecule has 3 aromatic rings. The fraction of sp³-hybridized carbons (Fsp3) is 0.333. The number of benzene rings is 1. The van der Waals surface area contributed by atoms with Gasteiger partial charge in [0.15, 0.2) is 11.3 Å². The van der Waals surface area contributed by atoms with E-state index in [0.29, 0.717) is 16.9 Å². The van der Waals surface area contributed by atoms with Crippen LogP contribution in [0.3, 0.4) is 0 Å². The van der Waals surface area contributed by atoms with Gasteiger partial charge in [-0.2, -0.15) is 0 Å². The fourth-order valence-electron chi connectivity index (χ4n) is 3.43. The number of nitrogens with zero attached hydrogens (tertiary/aromatic N) is 3. The second-order valence-corrected chi connectivity index (χ2v) is 8.05. The van der Waals surface area contributed by atoms with Crippen LogP contribution in [0, 0.1) is 6.92 Å². The van der Waals surface area contributed by atoms with Gasteiger partial charge in [0.2, 0.25) is 5.78 Å². The summed E-state index contributed by atoms with van der Waals surface area (Å²) in [6.45, 7) is 6.95. The normalized spacial score (nSPS) is 15.0. The van der Waals surface area contributed by atoms with Crippen LogP contribution in [0.15, 0.2) is 45.4 Å². The lowest BCUT2D eigenvalue weighted by molar-refractivity contribution is 0.101. The molecule has 0 unspecified atom stereocenters. The zero-order valence-electron chi connectivity index (χ0n) is 16.4. The summed E-state index contributed by atoms with van der Waals surface area (Å²) in [7, 11) is 2.15. The van der Waals surface area contributed by atoms with Crippen LogP contribution >= 0.6 is 40.7 Å². The van der Waals surface area contributed by atoms with E-state index in [1.807, 2.05) is 31.3 Å². The number of fused-ring (bicyclic) bond motifs is 1. The van der Waals surface area contributed by atoms with E-state index in [9.17, 15) is 4.79 Å². The predicted octanol–water partition coefficient (Wildman–Crippen LogP) is 4.72. The van der Waals surface area contributed by atoms with Crippen molar-refractivity contribution < 1.29 is 9.21 Å². The van der Waals surface area contributed by atoms with E-state index in [1.165, 1.54) is 0 Å². The van der Waals surface area contributed by atoms with Crippen molar-refractivity contribution in [3.05, 3.63) is 63.6 Å². The summed E-state index contributed by atoms with van der Waals surface area (Å²) >= 11 is 3.40. The second kappa shape index (κ2) is 10.0. The summed E-state index contributed by atoms with van der Waals surface area (Å²) < 4.78 is 6.88. The summed E-state index contributed by atoms with van der Waals surface area (Å²) in [5.74, 6) is 0.256. The number of piperazine rings is 1. The Morgan fingerprint density at radius 3 is 2.45 bits per heavy atom. The van der Waals surface area contributed by atoms with Gasteiger partial charge >= 0.3 is 0 Å². The molecule has 1 aliphatic rings. The van der Waals surface area contributed by atoms with Crippen molar-refractivity contribution in [2.75, 3.05) is 33.2 Å². The molecular formula is C21H24BrCl2N3O2. The molecule has 4 rings (SSSR count). The average Bonchev–Trinajstić information content (AvgIpc) is 3.12. The Kier molecular flexibility index (Phi) is 8.26. The molecule has 1 fully saturated rings. The molecule has 0 aliphatic carbocycles. The van der Waals surface area contributed by atoms with E-state index in [1.54, 1.807) is 12.1 Å². The second-order valence-electron chi connectivity index (χ2n) is 7.14. The van der Waals surface area contributed by atoms with E-state index in [0.717, 1.165) is 53.8 Å². The van der Waals surface area contributed by atoms with Crippen LogP contribution in [-0.4, -0.2) is 53.8 Å². The Balaban J connectivity index is 0.00000150. The van der Waals surface area contributed by atoms with Gasteiger partial charge < -0.3 is 9.32 Å². The van der Waals surface area contributed by atoms with E-state index < -0.39 is 0 Å². The quantitative estimate of drug-likeness (QED) is 0.485. The molecule has 0 bridgehead atoms. The molecule has 0 spiro atoms. The molecule has 1 saturated heterocycles. The maximum absolute atomic E-state index is 12.8. The van der Waals surface area contributed by atoms with E-state index in [4.69, 9.17) is 4.42 Å². The zero-order valence-corrected chi connectivity index (χ0v) is 19.6. The first-order chi connectivity index (χ1) is 13.0. The lowest BCUT2D eigenvalue weighted by atomic mass is 10.1. The highest BCUT2D eigenvalue weighted by Gasteiger charge is 2.20. The molecule has 2 aromatic heterocycles. The number of hydrogen-bond donors (Lipinski definition) is 0. The van der Waals surface area contributed by atoms with Crippen LogP contribution in [0.1, 0.15) is 27.4 Å². The number of carbonyl (C=O) groups excluding carboxylic acids is 1. The number of aryl methyl sites for hydroxylation is 1. The standard InChI is InChI=1S/C21H22BrN3O2.2ClH/c1-14-21-18(16(12-23-14)13-25-9-7-24(2)8-10-25)11-19(27-21)20(26)15-3-5-17(22)6-4-15;;/h3-6,11-12H,7-10,13H2,1-2H3;2*1H. The van der Waals surface area contributed by atoms with E-state index in [-0.39, 0.29) is 30.6 Å². The summed E-state index contributed by atoms with van der Waals surface area (Å²) in [6.07, 6.45) is 1.92. The molecule has 1 aromatic carbocycles. The Morgan fingerprint density at radius 2 is 1.79 bits per heavy atom. The maximum atomic E-state index is 12.8. The lowest BCUT2D eigenvalue weighted by Crippen LogP contribution is -2.43. The topological polar surface area (TPSA) is 49.6 Å². The molecule has 29 heavy (non-hydrogen) atoms. The number of ketones is 1. The molecule has 0 atom stereocenters. The Morgan fingerprint density at radius 1 is 1.14 bits per heavy atom. The van der Waals surface area contributed by atoms with Crippen molar-refractivity contribution in [2.45, 2.75) is 13.5 Å². The monoisotopic (exact) mass is 499 g/mol. The zero-order chi connectivity index (χ0) is 19.0. The van der Waals surface area contributed by atoms with Crippen molar-refractivity contribution in [3.8, 4) is 0 Å². The highest BCUT2D eigenvalue weighted by molar-refractivity contribution is 9.10. The number of rotatable bonds is 4. The van der Waals surface area contributed by atoms with Gasteiger partial charge in [0, 0.05) is 54.3 Å². The highest BCUT2D eigenvalue weighted by Crippen LogP contribution is 2.28. The van der Waals surface area contributed by atoms with Gasteiger partial charge in [0.1, 0.15) is 0 Å². The molecular weight excluding hydrogens is 477 g/mol. The first kappa shape index (κ1) is 23.8. The fourth-order valence-corrected chi connectivity index (χ4v) is 3.69. The van der Waals surface area contributed by atoms with Gasteiger partial charge in [-0.25, -0.2) is 0 Å². The summed E-state index contributed by atoms with van der Waals surface area (Å²) in [6, 6.07) is 9.20. The number of furan rings is 1. The van der Waals surface area contributed by atoms with Crippen LogP contribution in [-0.2, 0) is 6.54 Å². The predicted molar refractivity (Wildman–Crippen MR) is 124 cm³/mol. The van der Waals surface area contributed by atoms with Gasteiger partial charge in [0.05, 0.1) is 5.69 Å². The minimum Gasteiger partial charge on any atom is -0.451 e. The van der Waals surface area contributed by atoms with Crippen molar-refractivity contribution >= 4 is 57.5 Å². The smallest absolute Gasteiger partial charge is 0.228 e. The molecule has 0 saturated carbocycles. The molecule has 1 aliphatic heterocycles. The number of carbonyl (C=O) groups is 1. The third-order valence-corrected chi connectivity index (χ3v) is 5.67. The van der Waals surface area contributed by atoms with Crippen molar-refractivity contribution in [1.29, 1.82) is 0 Å². The van der Waals surface area contributed by atoms with Gasteiger partial charge in [-0.3, -0.25) is 14.7 Å². The summed E-state index contributed by atoms with van der Waals surface area (Å²) in [5.41, 5.74) is 3.24. The van der Waals surface area contributed by atoms with Crippen LogP contribution in [0.25, 0.3) is 11.0 Å². The van der Waals surface area contributed by atoms with Gasteiger partial charge in [-0.05, 0) is 49.9 Å². The van der Waals surface area contributed by atoms with Gasteiger partial charge in [-0.1, -0.05) is 15.9 Å². The van der Waals surface area contributed by atoms with Crippen LogP contribution in [0.2, 0.25) is 0 Å². The largest absolute Gasteiger partial charge is 0.451 e. The van der Waals surface area contributed by atoms with Crippen LogP contribution < -0.4 is 0 Å². The van der Waals surface area contributed by atoms with Crippen LogP contribution in [0.5, 0.6) is 0 Å². The molecule has 0 amide bonds. The summed E-state index contributed by atoms with van der Waals surface area (Å²) in [5, 5.41) is 0.988. The number of hydrogen-bond acceptors (Lipinski definition) is 5. The number of likely N-dealkylation sites (N-methyl/N-ethyl adjacent to an activating group) is 1. The minimum absolute atomic E-state index is 0. The minimum atomic E-state index is -0.108. The van der Waals surface area contributed by atoms with E-state index in [2.05, 4.69) is 37.8 Å². The third-order valence-electron chi connectivity index (χ3n) is 5.14. The van der Waals surface area contributed by atoms with Crippen molar-refractivity contribution in [1.82, 2.24) is 14.8 Å². The molecule has 5 nitrogen and oxygen atoms in total. The molecule has 0 radical (unpaired) electrons. The average molecular weight is 501 g/mol. The maximum Gasteiger partial charge on any atom is 0.228 e. The molecule has 0 N–H and O–H groups in total. The molecule has 156 valence electrons. The third kappa shape index (κ3) is 5.19. The number of pyridine rings is 1. The molecule has 3 heterocycles. The Bertz CT molecular complexity index is 984. The Labute approximate surface area is 191 Å². The number of halogens is 3. The first-order valence-electron chi connectivity index (χ1n) is 9.10. The lowest BCUT2D eigenvalue weighted by Gasteiger charge is -2.32. The Hall–Kier alpha value is -1.44. The van der Waals surface area contributed by atoms with Crippen LogP contribution in [0.4, 0.5) is 0 Å². The number of aromatic nitrogens is 1. The summed E-state index contributed by atoms with van der Waals surface area (Å²) in [4.78, 5) is 22.1. The van der Waals surface area contributed by atoms with Gasteiger partial charge in [0.25, 0.3) is 0 Å². The molecule has 8 heteroatoms. The van der Waals surface area contributed by atoms with E-state index >= 15 is 0 Å². The SMILES string of the molecule is Cc1ncc(CN2CCN(C)CC2)c2cc(C(=O)c3ccc(Br)cc3)oc12.Cl.Cl. The highest BCUT2D eigenvalue weighted by atomic mass is 79.9. The van der Waals surface area contributed by atoms with Crippen molar-refractivity contribution in [3.63, 3.8) is 0 Å². The van der Waals surface area contributed by atoms with Crippen molar-refractivity contribution in [2.24, 2.45) is 0 Å². The first-order valence-corrected chi connectivity index (χ1v) is 9.90. The van der Waals surface area contributed by atoms with Gasteiger partial charge in [-0.15, -0.1) is 24.8 Å².